The first-order chi connectivity index (χ1) is 9.61. The lowest BCUT2D eigenvalue weighted by Gasteiger charge is -2.37. The Bertz CT molecular complexity index is 432. The van der Waals surface area contributed by atoms with E-state index in [9.17, 15) is 0 Å². The first-order valence-corrected chi connectivity index (χ1v) is 7.69. The summed E-state index contributed by atoms with van der Waals surface area (Å²) >= 11 is 0. The topological polar surface area (TPSA) is 31.4 Å². The highest BCUT2D eigenvalue weighted by atomic mass is 15.2. The molecular formula is C16H28N4. The van der Waals surface area contributed by atoms with Gasteiger partial charge < -0.3 is 15.1 Å². The molecule has 0 aromatic carbocycles. The third-order valence-electron chi connectivity index (χ3n) is 4.17. The van der Waals surface area contributed by atoms with E-state index in [-0.39, 0.29) is 0 Å². The van der Waals surface area contributed by atoms with E-state index in [4.69, 9.17) is 4.98 Å². The third-order valence-corrected chi connectivity index (χ3v) is 4.17. The number of nitrogens with zero attached hydrogens (tertiary/aromatic N) is 3. The Labute approximate surface area is 123 Å². The van der Waals surface area contributed by atoms with Crippen LogP contribution in [-0.2, 0) is 6.54 Å². The Hall–Kier alpha value is -1.13. The molecule has 4 nitrogen and oxygen atoms in total. The lowest BCUT2D eigenvalue weighted by molar-refractivity contribution is 0.247. The Kier molecular flexibility index (Phi) is 5.38. The van der Waals surface area contributed by atoms with Crippen LogP contribution in [0.15, 0.2) is 12.3 Å². The molecule has 0 amide bonds. The Morgan fingerprint density at radius 3 is 2.95 bits per heavy atom. The van der Waals surface area contributed by atoms with E-state index in [1.807, 2.05) is 6.20 Å². The van der Waals surface area contributed by atoms with E-state index in [0.29, 0.717) is 6.04 Å². The van der Waals surface area contributed by atoms with Crippen molar-refractivity contribution in [2.24, 2.45) is 0 Å². The van der Waals surface area contributed by atoms with Gasteiger partial charge >= 0.3 is 0 Å². The predicted molar refractivity (Wildman–Crippen MR) is 85.3 cm³/mol. The van der Waals surface area contributed by atoms with Crippen LogP contribution in [0.4, 0.5) is 5.82 Å². The minimum atomic E-state index is 0.583. The van der Waals surface area contributed by atoms with Gasteiger partial charge in [-0.3, -0.25) is 0 Å². The lowest BCUT2D eigenvalue weighted by Crippen LogP contribution is -2.45. The molecule has 0 radical (unpaired) electrons. The van der Waals surface area contributed by atoms with Crippen molar-refractivity contribution in [1.29, 1.82) is 0 Å². The van der Waals surface area contributed by atoms with Crippen molar-refractivity contribution in [3.8, 4) is 0 Å². The van der Waals surface area contributed by atoms with E-state index >= 15 is 0 Å². The summed E-state index contributed by atoms with van der Waals surface area (Å²) in [5.74, 6) is 1.13. The number of aromatic nitrogens is 1. The second kappa shape index (κ2) is 7.04. The zero-order valence-electron chi connectivity index (χ0n) is 13.3. The first kappa shape index (κ1) is 15.3. The summed E-state index contributed by atoms with van der Waals surface area (Å²) in [4.78, 5) is 9.48. The molecule has 1 atom stereocenters. The fourth-order valence-corrected chi connectivity index (χ4v) is 2.99. The number of rotatable bonds is 5. The van der Waals surface area contributed by atoms with Gasteiger partial charge in [0.05, 0.1) is 0 Å². The van der Waals surface area contributed by atoms with E-state index in [1.54, 1.807) is 0 Å². The van der Waals surface area contributed by atoms with Crippen LogP contribution in [0.3, 0.4) is 0 Å². The molecule has 112 valence electrons. The SMILES string of the molecule is CCNCc1cnc(N(C)C2CCCN(C)C2)c(C)c1. The number of hydrogen-bond acceptors (Lipinski definition) is 4. The predicted octanol–water partition coefficient (Wildman–Crippen LogP) is 2.03. The van der Waals surface area contributed by atoms with Crippen LogP contribution >= 0.6 is 0 Å². The zero-order chi connectivity index (χ0) is 14.5. The molecule has 0 aliphatic carbocycles. The summed E-state index contributed by atoms with van der Waals surface area (Å²) < 4.78 is 0. The van der Waals surface area contributed by atoms with Gasteiger partial charge in [-0.2, -0.15) is 0 Å². The summed E-state index contributed by atoms with van der Waals surface area (Å²) in [5, 5.41) is 3.35. The number of nitrogens with one attached hydrogen (secondary N) is 1. The molecule has 1 saturated heterocycles. The molecule has 1 unspecified atom stereocenters. The number of anilines is 1. The van der Waals surface area contributed by atoms with Crippen molar-refractivity contribution in [3.63, 3.8) is 0 Å². The summed E-state index contributed by atoms with van der Waals surface area (Å²) in [5.41, 5.74) is 2.54. The molecule has 0 spiro atoms. The normalized spacial score (nSPS) is 20.1. The number of aryl methyl sites for hydroxylation is 1. The van der Waals surface area contributed by atoms with Gasteiger partial charge in [-0.1, -0.05) is 6.92 Å². The van der Waals surface area contributed by atoms with Crippen molar-refractivity contribution in [3.05, 3.63) is 23.4 Å². The fourth-order valence-electron chi connectivity index (χ4n) is 2.99. The number of likely N-dealkylation sites (tertiary alicyclic amines) is 1. The quantitative estimate of drug-likeness (QED) is 0.891. The first-order valence-electron chi connectivity index (χ1n) is 7.69. The summed E-state index contributed by atoms with van der Waals surface area (Å²) in [6, 6.07) is 2.84. The molecule has 1 N–H and O–H groups in total. The van der Waals surface area contributed by atoms with Crippen molar-refractivity contribution in [2.45, 2.75) is 39.3 Å². The van der Waals surface area contributed by atoms with Crippen molar-refractivity contribution >= 4 is 5.82 Å². The number of pyridine rings is 1. The van der Waals surface area contributed by atoms with Crippen LogP contribution in [0.25, 0.3) is 0 Å². The maximum atomic E-state index is 4.70. The summed E-state index contributed by atoms with van der Waals surface area (Å²) in [6.45, 7) is 8.55. The van der Waals surface area contributed by atoms with E-state index in [0.717, 1.165) is 25.5 Å². The fraction of sp³-hybridized carbons (Fsp3) is 0.688. The average Bonchev–Trinajstić information content (AvgIpc) is 2.44. The monoisotopic (exact) mass is 276 g/mol. The standard InChI is InChI=1S/C16H28N4/c1-5-17-10-14-9-13(2)16(18-11-14)20(4)15-7-6-8-19(3)12-15/h9,11,15,17H,5-8,10,12H2,1-4H3. The minimum Gasteiger partial charge on any atom is -0.355 e. The highest BCUT2D eigenvalue weighted by Gasteiger charge is 2.22. The van der Waals surface area contributed by atoms with Crippen LogP contribution in [0, 0.1) is 6.92 Å². The highest BCUT2D eigenvalue weighted by molar-refractivity contribution is 5.47. The Balaban J connectivity index is 2.07. The van der Waals surface area contributed by atoms with Crippen LogP contribution in [0.5, 0.6) is 0 Å². The second-order valence-corrected chi connectivity index (χ2v) is 5.93. The largest absolute Gasteiger partial charge is 0.355 e. The molecule has 2 rings (SSSR count). The molecule has 1 aromatic rings. The van der Waals surface area contributed by atoms with Crippen LogP contribution < -0.4 is 10.2 Å². The molecule has 1 aliphatic heterocycles. The van der Waals surface area contributed by atoms with Crippen molar-refractivity contribution in [1.82, 2.24) is 15.2 Å². The summed E-state index contributed by atoms with van der Waals surface area (Å²) in [7, 11) is 4.39. The van der Waals surface area contributed by atoms with Gasteiger partial charge in [0, 0.05) is 32.4 Å². The lowest BCUT2D eigenvalue weighted by atomic mass is 10.0. The molecule has 1 fully saturated rings. The Morgan fingerprint density at radius 2 is 2.30 bits per heavy atom. The smallest absolute Gasteiger partial charge is 0.131 e. The second-order valence-electron chi connectivity index (χ2n) is 5.93. The van der Waals surface area contributed by atoms with Gasteiger partial charge in [0.2, 0.25) is 0 Å². The maximum absolute atomic E-state index is 4.70. The van der Waals surface area contributed by atoms with Gasteiger partial charge in [-0.25, -0.2) is 4.98 Å². The number of piperidine rings is 1. The van der Waals surface area contributed by atoms with Crippen LogP contribution in [0.1, 0.15) is 30.9 Å². The van der Waals surface area contributed by atoms with Gasteiger partial charge in [0.15, 0.2) is 0 Å². The number of hydrogen-bond donors (Lipinski definition) is 1. The van der Waals surface area contributed by atoms with Crippen LogP contribution in [0.2, 0.25) is 0 Å². The molecule has 1 aromatic heterocycles. The molecule has 0 bridgehead atoms. The van der Waals surface area contributed by atoms with Gasteiger partial charge in [0.1, 0.15) is 5.82 Å². The van der Waals surface area contributed by atoms with Crippen LogP contribution in [-0.4, -0.2) is 49.7 Å². The highest BCUT2D eigenvalue weighted by Crippen LogP contribution is 2.22. The molecule has 0 saturated carbocycles. The maximum Gasteiger partial charge on any atom is 0.131 e. The molecular weight excluding hydrogens is 248 g/mol. The molecule has 1 aliphatic rings. The molecule has 4 heteroatoms. The van der Waals surface area contributed by atoms with Crippen molar-refractivity contribution in [2.75, 3.05) is 38.6 Å². The summed E-state index contributed by atoms with van der Waals surface area (Å²) in [6.07, 6.45) is 4.55. The van der Waals surface area contributed by atoms with Gasteiger partial charge in [-0.05, 0) is 57.1 Å². The van der Waals surface area contributed by atoms with Gasteiger partial charge in [-0.15, -0.1) is 0 Å². The molecule has 20 heavy (non-hydrogen) atoms. The minimum absolute atomic E-state index is 0.583. The zero-order valence-corrected chi connectivity index (χ0v) is 13.3. The van der Waals surface area contributed by atoms with Crippen molar-refractivity contribution < 1.29 is 0 Å². The Morgan fingerprint density at radius 1 is 1.50 bits per heavy atom. The average molecular weight is 276 g/mol. The molecule has 2 heterocycles. The third kappa shape index (κ3) is 3.70. The van der Waals surface area contributed by atoms with E-state index < -0.39 is 0 Å². The van der Waals surface area contributed by atoms with E-state index in [1.165, 1.54) is 30.5 Å². The van der Waals surface area contributed by atoms with Gasteiger partial charge in [0.25, 0.3) is 0 Å². The number of likely N-dealkylation sites (N-methyl/N-ethyl adjacent to an activating group) is 2. The van der Waals surface area contributed by atoms with E-state index in [2.05, 4.69) is 49.1 Å².